The first-order chi connectivity index (χ1) is 7.80. The van der Waals surface area contributed by atoms with Gasteiger partial charge in [0.25, 0.3) is 0 Å². The van der Waals surface area contributed by atoms with Crippen molar-refractivity contribution < 1.29 is 0 Å². The predicted octanol–water partition coefficient (Wildman–Crippen LogP) is 1.36. The number of likely N-dealkylation sites (N-methyl/N-ethyl adjacent to an activating group) is 2. The van der Waals surface area contributed by atoms with Crippen molar-refractivity contribution in [1.29, 1.82) is 0 Å². The van der Waals surface area contributed by atoms with Crippen molar-refractivity contribution in [2.75, 3.05) is 58.9 Å². The molecule has 0 saturated carbocycles. The molecule has 0 bridgehead atoms. The van der Waals surface area contributed by atoms with Crippen LogP contribution in [0.4, 0.5) is 0 Å². The van der Waals surface area contributed by atoms with E-state index in [-0.39, 0.29) is 0 Å². The largest absolute Gasteiger partial charge is 0.302 e. The van der Waals surface area contributed by atoms with Crippen molar-refractivity contribution in [3.63, 3.8) is 0 Å². The maximum atomic E-state index is 2.62. The summed E-state index contributed by atoms with van der Waals surface area (Å²) in [6, 6.07) is 0. The molecule has 3 heteroatoms. The van der Waals surface area contributed by atoms with E-state index in [1.165, 1.54) is 65.3 Å². The molecular weight excluding hydrogens is 198 g/mol. The van der Waals surface area contributed by atoms with Gasteiger partial charge >= 0.3 is 0 Å². The molecule has 0 spiro atoms. The first-order valence-corrected chi connectivity index (χ1v) is 6.97. The van der Waals surface area contributed by atoms with Crippen molar-refractivity contribution in [3.05, 3.63) is 0 Å². The Labute approximate surface area is 101 Å². The van der Waals surface area contributed by atoms with Gasteiger partial charge in [-0.3, -0.25) is 4.90 Å². The zero-order chi connectivity index (χ0) is 11.8. The van der Waals surface area contributed by atoms with Crippen LogP contribution in [-0.2, 0) is 0 Å². The summed E-state index contributed by atoms with van der Waals surface area (Å²) in [5.74, 6) is 0. The quantitative estimate of drug-likeness (QED) is 0.650. The molecule has 0 aliphatic carbocycles. The number of hydrogen-bond donors (Lipinski definition) is 0. The standard InChI is InChI=1S/C13H29N3/c1-4-7-14(5-2)8-11-16-12-9-15(6-3)10-13-16/h4-13H2,1-3H3. The lowest BCUT2D eigenvalue weighted by atomic mass is 10.3. The Hall–Kier alpha value is -0.120. The van der Waals surface area contributed by atoms with Gasteiger partial charge in [-0.1, -0.05) is 20.8 Å². The molecule has 1 aliphatic heterocycles. The fourth-order valence-corrected chi connectivity index (χ4v) is 2.36. The van der Waals surface area contributed by atoms with E-state index in [1.54, 1.807) is 0 Å². The van der Waals surface area contributed by atoms with Gasteiger partial charge in [0.05, 0.1) is 0 Å². The Bertz CT molecular complexity index is 165. The SMILES string of the molecule is CCCN(CC)CCN1CCN(CC)CC1. The zero-order valence-corrected chi connectivity index (χ0v) is 11.4. The van der Waals surface area contributed by atoms with Crippen molar-refractivity contribution in [1.82, 2.24) is 14.7 Å². The van der Waals surface area contributed by atoms with Crippen LogP contribution in [0.25, 0.3) is 0 Å². The summed E-state index contributed by atoms with van der Waals surface area (Å²) < 4.78 is 0. The molecular formula is C13H29N3. The summed E-state index contributed by atoms with van der Waals surface area (Å²) >= 11 is 0. The van der Waals surface area contributed by atoms with Crippen LogP contribution in [0.5, 0.6) is 0 Å². The number of rotatable bonds is 7. The van der Waals surface area contributed by atoms with Crippen LogP contribution in [0.1, 0.15) is 27.2 Å². The van der Waals surface area contributed by atoms with Crippen molar-refractivity contribution >= 4 is 0 Å². The van der Waals surface area contributed by atoms with E-state index >= 15 is 0 Å². The maximum absolute atomic E-state index is 2.62. The molecule has 0 N–H and O–H groups in total. The summed E-state index contributed by atoms with van der Waals surface area (Å²) in [4.78, 5) is 7.72. The second-order valence-corrected chi connectivity index (χ2v) is 4.71. The molecule has 0 aromatic carbocycles. The lowest BCUT2D eigenvalue weighted by Gasteiger charge is -2.35. The van der Waals surface area contributed by atoms with E-state index in [0.29, 0.717) is 0 Å². The van der Waals surface area contributed by atoms with E-state index in [0.717, 1.165) is 0 Å². The highest BCUT2D eigenvalue weighted by atomic mass is 15.3. The lowest BCUT2D eigenvalue weighted by Crippen LogP contribution is -2.48. The predicted molar refractivity (Wildman–Crippen MR) is 71.0 cm³/mol. The molecule has 96 valence electrons. The fourth-order valence-electron chi connectivity index (χ4n) is 2.36. The topological polar surface area (TPSA) is 9.72 Å². The van der Waals surface area contributed by atoms with E-state index in [4.69, 9.17) is 0 Å². The molecule has 1 rings (SSSR count). The monoisotopic (exact) mass is 227 g/mol. The van der Waals surface area contributed by atoms with Crippen LogP contribution < -0.4 is 0 Å². The van der Waals surface area contributed by atoms with Crippen LogP contribution >= 0.6 is 0 Å². The second-order valence-electron chi connectivity index (χ2n) is 4.71. The third kappa shape index (κ3) is 4.81. The average molecular weight is 227 g/mol. The Morgan fingerprint density at radius 1 is 0.875 bits per heavy atom. The minimum absolute atomic E-state index is 1.20. The van der Waals surface area contributed by atoms with E-state index in [1.807, 2.05) is 0 Å². The summed E-state index contributed by atoms with van der Waals surface area (Å²) in [6.07, 6.45) is 1.28. The molecule has 0 aromatic rings. The summed E-state index contributed by atoms with van der Waals surface area (Å²) in [6.45, 7) is 18.0. The maximum Gasteiger partial charge on any atom is 0.0110 e. The Morgan fingerprint density at radius 2 is 1.50 bits per heavy atom. The molecule has 1 aliphatic rings. The van der Waals surface area contributed by atoms with Gasteiger partial charge in [-0.05, 0) is 26.1 Å². The van der Waals surface area contributed by atoms with Crippen LogP contribution in [-0.4, -0.2) is 73.6 Å². The lowest BCUT2D eigenvalue weighted by molar-refractivity contribution is 0.123. The van der Waals surface area contributed by atoms with E-state index < -0.39 is 0 Å². The first-order valence-electron chi connectivity index (χ1n) is 6.97. The van der Waals surface area contributed by atoms with Crippen molar-refractivity contribution in [2.24, 2.45) is 0 Å². The molecule has 0 unspecified atom stereocenters. The Morgan fingerprint density at radius 3 is 2.00 bits per heavy atom. The smallest absolute Gasteiger partial charge is 0.0110 e. The summed E-state index contributed by atoms with van der Waals surface area (Å²) in [5.41, 5.74) is 0. The molecule has 0 radical (unpaired) electrons. The van der Waals surface area contributed by atoms with Crippen molar-refractivity contribution in [2.45, 2.75) is 27.2 Å². The molecule has 0 aromatic heterocycles. The minimum atomic E-state index is 1.20. The molecule has 3 nitrogen and oxygen atoms in total. The fraction of sp³-hybridized carbons (Fsp3) is 1.00. The summed E-state index contributed by atoms with van der Waals surface area (Å²) in [5, 5.41) is 0. The van der Waals surface area contributed by atoms with Crippen LogP contribution in [0.15, 0.2) is 0 Å². The third-order valence-corrected chi connectivity index (χ3v) is 3.63. The average Bonchev–Trinajstić information content (AvgIpc) is 2.35. The van der Waals surface area contributed by atoms with E-state index in [9.17, 15) is 0 Å². The van der Waals surface area contributed by atoms with Gasteiger partial charge in [-0.2, -0.15) is 0 Å². The normalized spacial score (nSPS) is 19.5. The minimum Gasteiger partial charge on any atom is -0.302 e. The van der Waals surface area contributed by atoms with Crippen LogP contribution in [0.3, 0.4) is 0 Å². The second kappa shape index (κ2) is 8.04. The molecule has 1 saturated heterocycles. The highest BCUT2D eigenvalue weighted by molar-refractivity contribution is 4.71. The molecule has 0 atom stereocenters. The van der Waals surface area contributed by atoms with Gasteiger partial charge in [-0.25, -0.2) is 0 Å². The molecule has 16 heavy (non-hydrogen) atoms. The highest BCUT2D eigenvalue weighted by Crippen LogP contribution is 2.01. The van der Waals surface area contributed by atoms with Gasteiger partial charge in [0, 0.05) is 39.3 Å². The van der Waals surface area contributed by atoms with Gasteiger partial charge in [0.1, 0.15) is 0 Å². The molecule has 1 fully saturated rings. The molecule has 1 heterocycles. The number of nitrogens with zero attached hydrogens (tertiary/aromatic N) is 3. The third-order valence-electron chi connectivity index (χ3n) is 3.63. The van der Waals surface area contributed by atoms with Crippen LogP contribution in [0.2, 0.25) is 0 Å². The van der Waals surface area contributed by atoms with Gasteiger partial charge in [-0.15, -0.1) is 0 Å². The summed E-state index contributed by atoms with van der Waals surface area (Å²) in [7, 11) is 0. The Kier molecular flexibility index (Phi) is 7.01. The number of hydrogen-bond acceptors (Lipinski definition) is 3. The van der Waals surface area contributed by atoms with Crippen molar-refractivity contribution in [3.8, 4) is 0 Å². The first kappa shape index (κ1) is 13.9. The van der Waals surface area contributed by atoms with Gasteiger partial charge < -0.3 is 9.80 Å². The number of piperazine rings is 1. The Balaban J connectivity index is 2.13. The molecule has 0 amide bonds. The highest BCUT2D eigenvalue weighted by Gasteiger charge is 2.15. The van der Waals surface area contributed by atoms with E-state index in [2.05, 4.69) is 35.5 Å². The van der Waals surface area contributed by atoms with Gasteiger partial charge in [0.2, 0.25) is 0 Å². The van der Waals surface area contributed by atoms with Gasteiger partial charge in [0.15, 0.2) is 0 Å². The zero-order valence-electron chi connectivity index (χ0n) is 11.4. The van der Waals surface area contributed by atoms with Crippen LogP contribution in [0, 0.1) is 0 Å².